The van der Waals surface area contributed by atoms with Crippen LogP contribution in [0.5, 0.6) is 11.5 Å². The van der Waals surface area contributed by atoms with Crippen molar-refractivity contribution >= 4 is 17.3 Å². The van der Waals surface area contributed by atoms with E-state index in [-0.39, 0.29) is 37.8 Å². The zero-order valence-corrected chi connectivity index (χ0v) is 20.4. The molecule has 0 saturated heterocycles. The van der Waals surface area contributed by atoms with Crippen molar-refractivity contribution in [1.29, 1.82) is 0 Å². The lowest BCUT2D eigenvalue weighted by molar-refractivity contribution is 0.230. The van der Waals surface area contributed by atoms with E-state index in [4.69, 9.17) is 26.9 Å². The number of benzene rings is 2. The fourth-order valence-electron chi connectivity index (χ4n) is 3.36. The molecule has 2 aromatic carbocycles. The van der Waals surface area contributed by atoms with Crippen LogP contribution in [0.2, 0.25) is 5.02 Å². The number of halogens is 1. The second-order valence-electron chi connectivity index (χ2n) is 7.92. The van der Waals surface area contributed by atoms with Gasteiger partial charge < -0.3 is 15.3 Å². The SMILES string of the molecule is COc1cc(/N=c2\n(N)c(=O)n(CCCN=O)c(=O)n2Cc2ccc(Cl)cc2)ccc1OC(C)C. The van der Waals surface area contributed by atoms with E-state index in [1.807, 2.05) is 13.8 Å². The molecular formula is C23H27ClN6O5. The van der Waals surface area contributed by atoms with Crippen LogP contribution in [0.3, 0.4) is 0 Å². The van der Waals surface area contributed by atoms with E-state index in [2.05, 4.69) is 10.2 Å². The van der Waals surface area contributed by atoms with E-state index < -0.39 is 11.4 Å². The molecule has 0 spiro atoms. The van der Waals surface area contributed by atoms with Gasteiger partial charge in [-0.1, -0.05) is 28.9 Å². The predicted molar refractivity (Wildman–Crippen MR) is 133 cm³/mol. The number of nitrogen functional groups attached to an aromatic ring is 1. The Balaban J connectivity index is 2.21. The van der Waals surface area contributed by atoms with Crippen LogP contribution in [0.4, 0.5) is 5.69 Å². The average molecular weight is 503 g/mol. The smallest absolute Gasteiger partial charge is 0.353 e. The van der Waals surface area contributed by atoms with Gasteiger partial charge in [0.15, 0.2) is 11.5 Å². The lowest BCUT2D eigenvalue weighted by Gasteiger charge is -2.15. The average Bonchev–Trinajstić information content (AvgIpc) is 2.83. The maximum atomic E-state index is 13.3. The molecule has 11 nitrogen and oxygen atoms in total. The molecule has 0 unspecified atom stereocenters. The lowest BCUT2D eigenvalue weighted by Crippen LogP contribution is -2.57. The Morgan fingerprint density at radius 3 is 2.37 bits per heavy atom. The van der Waals surface area contributed by atoms with E-state index in [9.17, 15) is 14.5 Å². The van der Waals surface area contributed by atoms with Crippen molar-refractivity contribution in [3.05, 3.63) is 84.5 Å². The van der Waals surface area contributed by atoms with Crippen LogP contribution in [-0.4, -0.2) is 33.6 Å². The summed E-state index contributed by atoms with van der Waals surface area (Å²) in [5.74, 6) is 7.08. The third-order valence-corrected chi connectivity index (χ3v) is 5.23. The van der Waals surface area contributed by atoms with Crippen molar-refractivity contribution in [2.75, 3.05) is 19.5 Å². The molecule has 0 amide bonds. The minimum absolute atomic E-state index is 0.0173. The molecular weight excluding hydrogens is 476 g/mol. The number of nitroso groups, excluding NO2 is 1. The molecule has 0 saturated carbocycles. The van der Waals surface area contributed by atoms with E-state index in [0.29, 0.717) is 22.2 Å². The zero-order valence-electron chi connectivity index (χ0n) is 19.7. The van der Waals surface area contributed by atoms with Crippen molar-refractivity contribution in [3.63, 3.8) is 0 Å². The highest BCUT2D eigenvalue weighted by Gasteiger charge is 2.14. The van der Waals surface area contributed by atoms with Crippen molar-refractivity contribution < 1.29 is 9.47 Å². The summed E-state index contributed by atoms with van der Waals surface area (Å²) in [5.41, 5.74) is -0.323. The molecule has 35 heavy (non-hydrogen) atoms. The van der Waals surface area contributed by atoms with Gasteiger partial charge >= 0.3 is 11.4 Å². The highest BCUT2D eigenvalue weighted by Crippen LogP contribution is 2.31. The molecule has 0 radical (unpaired) electrons. The Morgan fingerprint density at radius 2 is 1.74 bits per heavy atom. The molecule has 0 fully saturated rings. The van der Waals surface area contributed by atoms with E-state index in [1.165, 1.54) is 11.7 Å². The molecule has 0 atom stereocenters. The van der Waals surface area contributed by atoms with Gasteiger partial charge in [0.25, 0.3) is 0 Å². The van der Waals surface area contributed by atoms with Crippen LogP contribution in [0.25, 0.3) is 0 Å². The summed E-state index contributed by atoms with van der Waals surface area (Å²) in [6, 6.07) is 11.9. The van der Waals surface area contributed by atoms with E-state index in [0.717, 1.165) is 14.8 Å². The molecule has 3 rings (SSSR count). The highest BCUT2D eigenvalue weighted by molar-refractivity contribution is 6.30. The van der Waals surface area contributed by atoms with Gasteiger partial charge in [0.05, 0.1) is 32.0 Å². The van der Waals surface area contributed by atoms with Crippen LogP contribution in [0, 0.1) is 4.91 Å². The normalized spacial score (nSPS) is 11.6. The first-order chi connectivity index (χ1) is 16.7. The van der Waals surface area contributed by atoms with Crippen LogP contribution in [0.1, 0.15) is 25.8 Å². The molecule has 0 aliphatic rings. The maximum Gasteiger partial charge on any atom is 0.353 e. The van der Waals surface area contributed by atoms with Crippen molar-refractivity contribution in [1.82, 2.24) is 13.8 Å². The maximum absolute atomic E-state index is 13.3. The second-order valence-corrected chi connectivity index (χ2v) is 8.36. The Bertz CT molecular complexity index is 1380. The Hall–Kier alpha value is -3.86. The lowest BCUT2D eigenvalue weighted by atomic mass is 10.2. The zero-order chi connectivity index (χ0) is 25.5. The van der Waals surface area contributed by atoms with Gasteiger partial charge in [0.2, 0.25) is 5.62 Å². The molecule has 0 bridgehead atoms. The molecule has 0 aliphatic heterocycles. The monoisotopic (exact) mass is 502 g/mol. The van der Waals surface area contributed by atoms with Crippen LogP contribution < -0.4 is 32.3 Å². The first-order valence-corrected chi connectivity index (χ1v) is 11.3. The molecule has 1 heterocycles. The summed E-state index contributed by atoms with van der Waals surface area (Å²) in [5, 5.41) is 3.32. The fraction of sp³-hybridized carbons (Fsp3) is 0.348. The topological polar surface area (TPSA) is 135 Å². The highest BCUT2D eigenvalue weighted by atomic mass is 35.5. The Kier molecular flexibility index (Phi) is 8.48. The number of rotatable bonds is 10. The number of nitrogens with two attached hydrogens (primary N) is 1. The number of nitrogens with zero attached hydrogens (tertiary/aromatic N) is 5. The predicted octanol–water partition coefficient (Wildman–Crippen LogP) is 2.41. The minimum atomic E-state index is -0.765. The van der Waals surface area contributed by atoms with Gasteiger partial charge in [-0.2, -0.15) is 9.58 Å². The largest absolute Gasteiger partial charge is 0.493 e. The third-order valence-electron chi connectivity index (χ3n) is 4.98. The number of aromatic nitrogens is 3. The summed E-state index contributed by atoms with van der Waals surface area (Å²) >= 11 is 5.99. The Morgan fingerprint density at radius 1 is 1.03 bits per heavy atom. The third kappa shape index (κ3) is 6.18. The van der Waals surface area contributed by atoms with Crippen LogP contribution in [0.15, 0.2) is 62.2 Å². The first-order valence-electron chi connectivity index (χ1n) is 10.9. The number of hydrogen-bond donors (Lipinski definition) is 1. The second kappa shape index (κ2) is 11.5. The van der Waals surface area contributed by atoms with Gasteiger partial charge in [-0.25, -0.2) is 19.1 Å². The van der Waals surface area contributed by atoms with Crippen molar-refractivity contribution in [3.8, 4) is 11.5 Å². The van der Waals surface area contributed by atoms with E-state index >= 15 is 0 Å². The van der Waals surface area contributed by atoms with Gasteiger partial charge in [0, 0.05) is 17.6 Å². The molecule has 0 aliphatic carbocycles. The van der Waals surface area contributed by atoms with Crippen LogP contribution in [-0.2, 0) is 13.1 Å². The molecule has 2 N–H and O–H groups in total. The summed E-state index contributed by atoms with van der Waals surface area (Å²) in [6.45, 7) is 3.81. The first kappa shape index (κ1) is 25.8. The summed E-state index contributed by atoms with van der Waals surface area (Å²) in [7, 11) is 1.50. The summed E-state index contributed by atoms with van der Waals surface area (Å²) < 4.78 is 14.2. The van der Waals surface area contributed by atoms with Crippen LogP contribution >= 0.6 is 11.6 Å². The van der Waals surface area contributed by atoms with Gasteiger partial charge in [0.1, 0.15) is 0 Å². The van der Waals surface area contributed by atoms with Crippen molar-refractivity contribution in [2.45, 2.75) is 39.5 Å². The quantitative estimate of drug-likeness (QED) is 0.257. The van der Waals surface area contributed by atoms with Gasteiger partial charge in [-0.3, -0.25) is 4.57 Å². The Labute approximate surface area is 206 Å². The standard InChI is InChI=1S/C23H27ClN6O5/c1-15(2)35-19-10-9-18(13-20(19)34-3)27-21-29(14-16-5-7-17(24)8-6-16)22(31)28(12-4-11-26-33)23(32)30(21)25/h5-10,13,15H,4,11-12,14,25H2,1-3H3/b27-21-. The van der Waals surface area contributed by atoms with E-state index in [1.54, 1.807) is 42.5 Å². The summed E-state index contributed by atoms with van der Waals surface area (Å²) in [4.78, 5) is 41.2. The number of ether oxygens (including phenoxy) is 2. The summed E-state index contributed by atoms with van der Waals surface area (Å²) in [6.07, 6.45) is 0.148. The number of methoxy groups -OCH3 is 1. The molecule has 3 aromatic rings. The molecule has 12 heteroatoms. The van der Waals surface area contributed by atoms with Gasteiger partial charge in [-0.05, 0) is 50.1 Å². The number of hydrogen-bond acceptors (Lipinski definition) is 8. The van der Waals surface area contributed by atoms with Crippen molar-refractivity contribution in [2.24, 2.45) is 10.2 Å². The fourth-order valence-corrected chi connectivity index (χ4v) is 3.49. The molecule has 186 valence electrons. The minimum Gasteiger partial charge on any atom is -0.493 e. The van der Waals surface area contributed by atoms with Gasteiger partial charge in [-0.15, -0.1) is 0 Å². The molecule has 1 aromatic heterocycles.